The van der Waals surface area contributed by atoms with Crippen LogP contribution in [-0.4, -0.2) is 55.5 Å². The van der Waals surface area contributed by atoms with E-state index in [2.05, 4.69) is 27.5 Å². The van der Waals surface area contributed by atoms with Crippen molar-refractivity contribution in [3.8, 4) is 0 Å². The number of benzene rings is 1. The lowest BCUT2D eigenvalue weighted by molar-refractivity contribution is -0.0855. The molecule has 0 radical (unpaired) electrons. The molecule has 1 atom stereocenters. The number of hydrogen-bond donors (Lipinski definition) is 1. The monoisotopic (exact) mass is 345 g/mol. The van der Waals surface area contributed by atoms with Gasteiger partial charge in [0.25, 0.3) is 5.91 Å². The Kier molecular flexibility index (Phi) is 6.16. The van der Waals surface area contributed by atoms with Crippen molar-refractivity contribution in [1.82, 2.24) is 15.4 Å². The molecule has 1 fully saturated rings. The highest BCUT2D eigenvalue weighted by atomic mass is 16.6. The quantitative estimate of drug-likeness (QED) is 0.818. The van der Waals surface area contributed by atoms with Gasteiger partial charge in [-0.2, -0.15) is 0 Å². The summed E-state index contributed by atoms with van der Waals surface area (Å²) in [7, 11) is 2.00. The molecule has 0 saturated carbocycles. The maximum absolute atomic E-state index is 12.1. The van der Waals surface area contributed by atoms with Crippen LogP contribution in [0.15, 0.2) is 40.9 Å². The minimum Gasteiger partial charge on any atom is -0.376 e. The van der Waals surface area contributed by atoms with Crippen molar-refractivity contribution in [3.63, 3.8) is 0 Å². The Morgan fingerprint density at radius 3 is 2.88 bits per heavy atom. The fourth-order valence-electron chi connectivity index (χ4n) is 2.66. The van der Waals surface area contributed by atoms with Crippen LogP contribution in [0, 0.1) is 0 Å². The summed E-state index contributed by atoms with van der Waals surface area (Å²) in [6.45, 7) is 3.43. The van der Waals surface area contributed by atoms with E-state index in [9.17, 15) is 4.79 Å². The van der Waals surface area contributed by atoms with Gasteiger partial charge in [-0.1, -0.05) is 35.5 Å². The first-order chi connectivity index (χ1) is 12.2. The summed E-state index contributed by atoms with van der Waals surface area (Å²) in [4.78, 5) is 14.2. The lowest BCUT2D eigenvalue weighted by atomic mass is 10.2. The number of hydrogen-bond acceptors (Lipinski definition) is 6. The largest absolute Gasteiger partial charge is 0.376 e. The molecule has 7 heteroatoms. The van der Waals surface area contributed by atoms with Gasteiger partial charge in [0.2, 0.25) is 0 Å². The van der Waals surface area contributed by atoms with E-state index in [0.29, 0.717) is 38.7 Å². The number of nitrogens with one attached hydrogen (secondary N) is 1. The Balaban J connectivity index is 1.46. The fraction of sp³-hybridized carbons (Fsp3) is 0.444. The highest BCUT2D eigenvalue weighted by Gasteiger charge is 2.18. The van der Waals surface area contributed by atoms with Gasteiger partial charge in [0.05, 0.1) is 32.5 Å². The van der Waals surface area contributed by atoms with Crippen LogP contribution in [0.4, 0.5) is 0 Å². The molecule has 2 aromatic rings. The molecule has 0 bridgehead atoms. The van der Waals surface area contributed by atoms with E-state index in [1.807, 2.05) is 25.2 Å². The lowest BCUT2D eigenvalue weighted by Crippen LogP contribution is -2.39. The molecule has 1 saturated heterocycles. The molecule has 1 aromatic heterocycles. The normalized spacial score (nSPS) is 17.6. The van der Waals surface area contributed by atoms with Gasteiger partial charge in [-0.05, 0) is 12.6 Å². The molecule has 1 aliphatic heterocycles. The standard InChI is InChI=1S/C18H23N3O4/c1-21(11-14-5-3-2-4-6-14)12-15-9-17(20-25-15)18(22)19-10-16-13-23-7-8-24-16/h2-6,9,16H,7-8,10-13H2,1H3,(H,19,22)/t16-/m1/s1. The van der Waals surface area contributed by atoms with E-state index in [4.69, 9.17) is 14.0 Å². The number of amides is 1. The topological polar surface area (TPSA) is 76.8 Å². The second-order valence-electron chi connectivity index (χ2n) is 6.11. The van der Waals surface area contributed by atoms with Gasteiger partial charge in [0.1, 0.15) is 0 Å². The van der Waals surface area contributed by atoms with Crippen molar-refractivity contribution < 1.29 is 18.8 Å². The van der Waals surface area contributed by atoms with Crippen molar-refractivity contribution in [2.24, 2.45) is 0 Å². The highest BCUT2D eigenvalue weighted by Crippen LogP contribution is 2.10. The lowest BCUT2D eigenvalue weighted by Gasteiger charge is -2.22. The van der Waals surface area contributed by atoms with Gasteiger partial charge in [-0.3, -0.25) is 9.69 Å². The Morgan fingerprint density at radius 2 is 2.12 bits per heavy atom. The van der Waals surface area contributed by atoms with Crippen molar-refractivity contribution in [1.29, 1.82) is 0 Å². The zero-order chi connectivity index (χ0) is 17.5. The number of carbonyl (C=O) groups excluding carboxylic acids is 1. The molecular formula is C18H23N3O4. The third-order valence-electron chi connectivity index (χ3n) is 3.89. The van der Waals surface area contributed by atoms with Gasteiger partial charge in [0, 0.05) is 19.2 Å². The molecule has 3 rings (SSSR count). The summed E-state index contributed by atoms with van der Waals surface area (Å²) < 4.78 is 16.1. The van der Waals surface area contributed by atoms with Crippen molar-refractivity contribution in [3.05, 3.63) is 53.4 Å². The maximum Gasteiger partial charge on any atom is 0.273 e. The van der Waals surface area contributed by atoms with E-state index in [1.165, 1.54) is 5.56 Å². The minimum atomic E-state index is -0.269. The third-order valence-corrected chi connectivity index (χ3v) is 3.89. The summed E-state index contributed by atoms with van der Waals surface area (Å²) in [5, 5.41) is 6.65. The van der Waals surface area contributed by atoms with Crippen LogP contribution in [-0.2, 0) is 22.6 Å². The summed E-state index contributed by atoms with van der Waals surface area (Å²) >= 11 is 0. The summed E-state index contributed by atoms with van der Waals surface area (Å²) in [6, 6.07) is 11.9. The first-order valence-electron chi connectivity index (χ1n) is 8.36. The molecule has 134 valence electrons. The van der Waals surface area contributed by atoms with Crippen molar-refractivity contribution in [2.75, 3.05) is 33.4 Å². The van der Waals surface area contributed by atoms with Crippen molar-refractivity contribution in [2.45, 2.75) is 19.2 Å². The van der Waals surface area contributed by atoms with Crippen LogP contribution < -0.4 is 5.32 Å². The van der Waals surface area contributed by atoms with Gasteiger partial charge in [-0.15, -0.1) is 0 Å². The van der Waals surface area contributed by atoms with Crippen molar-refractivity contribution >= 4 is 5.91 Å². The third kappa shape index (κ3) is 5.38. The van der Waals surface area contributed by atoms with Crippen LogP contribution in [0.2, 0.25) is 0 Å². The van der Waals surface area contributed by atoms with E-state index >= 15 is 0 Å². The Hall–Kier alpha value is -2.22. The fourth-order valence-corrected chi connectivity index (χ4v) is 2.66. The number of ether oxygens (including phenoxy) is 2. The second kappa shape index (κ2) is 8.75. The van der Waals surface area contributed by atoms with Gasteiger partial charge >= 0.3 is 0 Å². The Morgan fingerprint density at radius 1 is 1.28 bits per heavy atom. The zero-order valence-corrected chi connectivity index (χ0v) is 14.3. The molecule has 1 aliphatic rings. The Labute approximate surface area is 146 Å². The molecule has 0 aliphatic carbocycles. The first kappa shape index (κ1) is 17.6. The number of nitrogens with zero attached hydrogens (tertiary/aromatic N) is 2. The van der Waals surface area contributed by atoms with E-state index in [-0.39, 0.29) is 17.7 Å². The van der Waals surface area contributed by atoms with Gasteiger partial charge < -0.3 is 19.3 Å². The molecule has 25 heavy (non-hydrogen) atoms. The van der Waals surface area contributed by atoms with E-state index in [1.54, 1.807) is 6.07 Å². The second-order valence-corrected chi connectivity index (χ2v) is 6.11. The van der Waals surface area contributed by atoms with Crippen LogP contribution in [0.25, 0.3) is 0 Å². The van der Waals surface area contributed by atoms with Crippen LogP contribution in [0.3, 0.4) is 0 Å². The molecule has 1 aromatic carbocycles. The predicted octanol–water partition coefficient (Wildman–Crippen LogP) is 1.45. The SMILES string of the molecule is CN(Cc1ccccc1)Cc1cc(C(=O)NC[C@@H]2COCCO2)no1. The molecular weight excluding hydrogens is 322 g/mol. The van der Waals surface area contributed by atoms with E-state index in [0.717, 1.165) is 6.54 Å². The molecule has 0 unspecified atom stereocenters. The molecule has 1 N–H and O–H groups in total. The summed E-state index contributed by atoms with van der Waals surface area (Å²) in [5.41, 5.74) is 1.50. The molecule has 2 heterocycles. The molecule has 0 spiro atoms. The van der Waals surface area contributed by atoms with Gasteiger partial charge in [0.15, 0.2) is 11.5 Å². The maximum atomic E-state index is 12.1. The Bertz CT molecular complexity index is 668. The average Bonchev–Trinajstić information content (AvgIpc) is 3.10. The highest BCUT2D eigenvalue weighted by molar-refractivity contribution is 5.92. The molecule has 1 amide bonds. The smallest absolute Gasteiger partial charge is 0.273 e. The van der Waals surface area contributed by atoms with Crippen LogP contribution >= 0.6 is 0 Å². The number of rotatable bonds is 7. The number of carbonyl (C=O) groups is 1. The number of aromatic nitrogens is 1. The average molecular weight is 345 g/mol. The zero-order valence-electron chi connectivity index (χ0n) is 14.3. The minimum absolute atomic E-state index is 0.110. The van der Waals surface area contributed by atoms with Crippen LogP contribution in [0.5, 0.6) is 0 Å². The summed E-state index contributed by atoms with van der Waals surface area (Å²) in [6.07, 6.45) is -0.110. The van der Waals surface area contributed by atoms with Gasteiger partial charge in [-0.25, -0.2) is 0 Å². The molecule has 7 nitrogen and oxygen atoms in total. The first-order valence-corrected chi connectivity index (χ1v) is 8.36. The van der Waals surface area contributed by atoms with Crippen LogP contribution in [0.1, 0.15) is 21.8 Å². The predicted molar refractivity (Wildman–Crippen MR) is 91.0 cm³/mol. The van der Waals surface area contributed by atoms with E-state index < -0.39 is 0 Å². The summed E-state index contributed by atoms with van der Waals surface area (Å²) in [5.74, 6) is 0.385.